The van der Waals surface area contributed by atoms with Gasteiger partial charge in [0.15, 0.2) is 10.9 Å². The molecule has 0 bridgehead atoms. The largest absolute Gasteiger partial charge is 0.472 e. The van der Waals surface area contributed by atoms with Crippen molar-refractivity contribution in [3.63, 3.8) is 0 Å². The van der Waals surface area contributed by atoms with E-state index < -0.39 is 57.7 Å². The number of anilines is 1. The average Bonchev–Trinajstić information content (AvgIpc) is 3.78. The van der Waals surface area contributed by atoms with E-state index >= 15 is 4.39 Å². The van der Waals surface area contributed by atoms with Crippen LogP contribution in [0.3, 0.4) is 0 Å². The van der Waals surface area contributed by atoms with Gasteiger partial charge in [0, 0.05) is 36.6 Å². The van der Waals surface area contributed by atoms with Gasteiger partial charge < -0.3 is 20.1 Å². The van der Waals surface area contributed by atoms with E-state index in [1.54, 1.807) is 6.92 Å². The summed E-state index contributed by atoms with van der Waals surface area (Å²) in [5, 5.41) is -0.504. The lowest BCUT2D eigenvalue weighted by Crippen LogP contribution is -2.43. The lowest BCUT2D eigenvalue weighted by molar-refractivity contribution is -0.137. The number of hydrogen-bond acceptors (Lipinski definition) is 9. The van der Waals surface area contributed by atoms with Crippen LogP contribution >= 0.6 is 11.3 Å². The van der Waals surface area contributed by atoms with Gasteiger partial charge in [0.25, 0.3) is 0 Å². The fraction of sp³-hybridized carbons (Fsp3) is 0.438. The Bertz CT molecular complexity index is 1960. The second-order valence-electron chi connectivity index (χ2n) is 12.5. The number of rotatable bonds is 7. The quantitative estimate of drug-likeness (QED) is 0.178. The highest BCUT2D eigenvalue weighted by Gasteiger charge is 2.49. The summed E-state index contributed by atoms with van der Waals surface area (Å²) < 4.78 is 102. The molecule has 0 aliphatic carbocycles. The van der Waals surface area contributed by atoms with Crippen LogP contribution in [0.15, 0.2) is 30.9 Å². The first-order chi connectivity index (χ1) is 22.8. The molecule has 2 aromatic carbocycles. The first kappa shape index (κ1) is 32.4. The first-order valence-corrected chi connectivity index (χ1v) is 16.2. The Hall–Kier alpha value is -4.18. The lowest BCUT2D eigenvalue weighted by Gasteiger charge is -2.30. The molecule has 0 unspecified atom stereocenters. The highest BCUT2D eigenvalue weighted by Crippen LogP contribution is 2.46. The Morgan fingerprint density at radius 2 is 2.00 bits per heavy atom. The third-order valence-corrected chi connectivity index (χ3v) is 10.4. The van der Waals surface area contributed by atoms with Gasteiger partial charge in [-0.1, -0.05) is 17.9 Å². The van der Waals surface area contributed by atoms with E-state index in [0.29, 0.717) is 25.5 Å². The number of likely N-dealkylation sites (tertiary alicyclic amines) is 1. The number of nitrogens with zero attached hydrogens (tertiary/aromatic N) is 5. The van der Waals surface area contributed by atoms with E-state index in [4.69, 9.17) is 15.2 Å². The van der Waals surface area contributed by atoms with Crippen molar-refractivity contribution in [1.82, 2.24) is 24.8 Å². The number of carbonyl (C=O) groups excluding carboxylic acids is 1. The van der Waals surface area contributed by atoms with E-state index in [2.05, 4.69) is 21.5 Å². The number of aromatic nitrogens is 3. The minimum Gasteiger partial charge on any atom is -0.472 e. The normalized spacial score (nSPS) is 24.5. The third-order valence-electron chi connectivity index (χ3n) is 9.47. The molecule has 9 nitrogen and oxygen atoms in total. The van der Waals surface area contributed by atoms with Crippen molar-refractivity contribution in [2.75, 3.05) is 32.0 Å². The van der Waals surface area contributed by atoms with Crippen LogP contribution < -0.4 is 15.2 Å². The minimum absolute atomic E-state index is 0.0355. The van der Waals surface area contributed by atoms with Crippen LogP contribution in [0.2, 0.25) is 0 Å². The number of thiazole rings is 1. The monoisotopic (exact) mass is 692 g/mol. The molecule has 7 rings (SSSR count). The number of benzene rings is 2. The van der Waals surface area contributed by atoms with Crippen molar-refractivity contribution in [3.05, 3.63) is 48.1 Å². The number of halogens is 6. The van der Waals surface area contributed by atoms with Gasteiger partial charge >= 0.3 is 12.2 Å². The van der Waals surface area contributed by atoms with Gasteiger partial charge in [0.05, 0.1) is 33.2 Å². The fourth-order valence-electron chi connectivity index (χ4n) is 7.31. The first-order valence-electron chi connectivity index (χ1n) is 15.4. The molecule has 0 saturated carbocycles. The molecule has 0 spiro atoms. The molecule has 3 saturated heterocycles. The zero-order chi connectivity index (χ0) is 34.1. The van der Waals surface area contributed by atoms with Crippen molar-refractivity contribution < 1.29 is 40.6 Å². The molecule has 5 heterocycles. The summed E-state index contributed by atoms with van der Waals surface area (Å²) in [6.45, 7) is 6.27. The molecule has 16 heteroatoms. The maximum atomic E-state index is 16.8. The predicted octanol–water partition coefficient (Wildman–Crippen LogP) is 6.30. The van der Waals surface area contributed by atoms with Crippen LogP contribution in [0.5, 0.6) is 11.9 Å². The number of fused-ring (bicyclic) bond motifs is 3. The molecular weight excluding hydrogens is 662 g/mol. The molecule has 4 aromatic rings. The molecule has 3 aliphatic heterocycles. The Morgan fingerprint density at radius 1 is 1.21 bits per heavy atom. The number of alkyl halides is 4. The third kappa shape index (κ3) is 5.47. The van der Waals surface area contributed by atoms with Crippen molar-refractivity contribution >= 4 is 43.5 Å². The van der Waals surface area contributed by atoms with Crippen LogP contribution in [0, 0.1) is 11.6 Å². The van der Waals surface area contributed by atoms with E-state index in [1.807, 2.05) is 4.90 Å². The van der Waals surface area contributed by atoms with Crippen molar-refractivity contribution in [2.24, 2.45) is 0 Å². The molecule has 3 fully saturated rings. The Balaban J connectivity index is 1.38. The number of carbonyl (C=O) groups is 1. The van der Waals surface area contributed by atoms with Gasteiger partial charge in [0.2, 0.25) is 11.8 Å². The van der Waals surface area contributed by atoms with Gasteiger partial charge in [0.1, 0.15) is 30.2 Å². The summed E-state index contributed by atoms with van der Waals surface area (Å²) in [6, 6.07) is 1.96. The average molecular weight is 693 g/mol. The molecular formula is C32H30F6N6O3S. The van der Waals surface area contributed by atoms with Gasteiger partial charge in [-0.2, -0.15) is 23.1 Å². The fourth-order valence-corrected chi connectivity index (χ4v) is 8.08. The Morgan fingerprint density at radius 3 is 2.75 bits per heavy atom. The number of ether oxygens (including phenoxy) is 2. The number of nitrogen functional groups attached to an aromatic ring is 1. The second kappa shape index (κ2) is 11.8. The summed E-state index contributed by atoms with van der Waals surface area (Å²) in [5.74, 6) is -2.89. The maximum Gasteiger partial charge on any atom is 0.417 e. The van der Waals surface area contributed by atoms with Crippen LogP contribution in [-0.2, 0) is 11.0 Å². The molecule has 0 radical (unpaired) electrons. The second-order valence-corrected chi connectivity index (χ2v) is 13.6. The predicted molar refractivity (Wildman–Crippen MR) is 166 cm³/mol. The van der Waals surface area contributed by atoms with E-state index in [9.17, 15) is 26.7 Å². The summed E-state index contributed by atoms with van der Waals surface area (Å²) in [6.07, 6.45) is -3.70. The van der Waals surface area contributed by atoms with Crippen LogP contribution in [0.4, 0.5) is 31.5 Å². The minimum atomic E-state index is -5.09. The van der Waals surface area contributed by atoms with Gasteiger partial charge in [-0.05, 0) is 50.6 Å². The zero-order valence-corrected chi connectivity index (χ0v) is 26.4. The van der Waals surface area contributed by atoms with Gasteiger partial charge in [-0.3, -0.25) is 9.69 Å². The van der Waals surface area contributed by atoms with Crippen LogP contribution in [0.1, 0.15) is 38.2 Å². The molecule has 3 aliphatic rings. The van der Waals surface area contributed by atoms with E-state index in [0.717, 1.165) is 36.0 Å². The smallest absolute Gasteiger partial charge is 0.417 e. The summed E-state index contributed by atoms with van der Waals surface area (Å²) in [4.78, 5) is 28.4. The number of hydrogen-bond donors (Lipinski definition) is 1. The summed E-state index contributed by atoms with van der Waals surface area (Å²) in [7, 11) is 0. The molecule has 1 amide bonds. The molecule has 48 heavy (non-hydrogen) atoms. The van der Waals surface area contributed by atoms with Gasteiger partial charge in [-0.15, -0.1) is 0 Å². The van der Waals surface area contributed by atoms with E-state index in [1.165, 1.54) is 4.90 Å². The highest BCUT2D eigenvalue weighted by molar-refractivity contribution is 7.22. The van der Waals surface area contributed by atoms with Crippen molar-refractivity contribution in [2.45, 2.75) is 62.6 Å². The molecule has 4 atom stereocenters. The lowest BCUT2D eigenvalue weighted by atomic mass is 9.95. The Labute approximate surface area is 274 Å². The Kier molecular flexibility index (Phi) is 7.93. The summed E-state index contributed by atoms with van der Waals surface area (Å²) in [5.41, 5.74) is 1.73. The van der Waals surface area contributed by atoms with E-state index in [-0.39, 0.29) is 70.9 Å². The van der Waals surface area contributed by atoms with Crippen LogP contribution in [-0.4, -0.2) is 80.8 Å². The van der Waals surface area contributed by atoms with Crippen molar-refractivity contribution in [3.8, 4) is 23.0 Å². The zero-order valence-electron chi connectivity index (χ0n) is 25.6. The van der Waals surface area contributed by atoms with Crippen molar-refractivity contribution in [1.29, 1.82) is 0 Å². The van der Waals surface area contributed by atoms with Gasteiger partial charge in [-0.25, -0.2) is 18.2 Å². The molecule has 2 aromatic heterocycles. The number of amides is 1. The highest BCUT2D eigenvalue weighted by atomic mass is 32.1. The molecule has 254 valence electrons. The SMILES string of the molecule is C=CC(=O)N1C[C@H](Oc2nc(OC[C@@]34CCCN3C[C@H](F)C4)nc3c(F)c(-c4ccc(F)c5sc(N)nc45)c(C(F)(F)F)cc23)C[C@@H]1C. The maximum absolute atomic E-state index is 16.8. The molecule has 2 N–H and O–H groups in total. The van der Waals surface area contributed by atoms with Crippen LogP contribution in [0.25, 0.3) is 32.2 Å². The topological polar surface area (TPSA) is 107 Å². The summed E-state index contributed by atoms with van der Waals surface area (Å²) >= 11 is 0.720. The standard InChI is InChI=1S/C32H30F6N6O3S/c1-3-22(45)44-13-17(9-15(44)2)47-28-19-10-20(32(36,37)38)23(18-5-6-21(34)27-26(18)40-29(39)48-27)24(35)25(19)41-30(42-28)46-14-31-7-4-8-43(31)12-16(33)11-31/h3,5-6,10,15-17H,1,4,7-9,11-14H2,2H3,(H2,39,40)/t15-,16+,17+,31-/m0/s1. The number of nitrogens with two attached hydrogens (primary N) is 1.